The Morgan fingerprint density at radius 3 is 2.83 bits per heavy atom. The van der Waals surface area contributed by atoms with E-state index in [2.05, 4.69) is 4.98 Å². The summed E-state index contributed by atoms with van der Waals surface area (Å²) in [4.78, 5) is 25.1. The molecule has 0 bridgehead atoms. The Hall–Kier alpha value is -2.30. The molecule has 1 aromatic carbocycles. The molecule has 0 aliphatic rings. The molecule has 2 N–H and O–H groups in total. The molecule has 1 atom stereocenters. The van der Waals surface area contributed by atoms with E-state index in [-0.39, 0.29) is 5.56 Å². The first kappa shape index (κ1) is 12.2. The highest BCUT2D eigenvalue weighted by Gasteiger charge is 2.18. The molecule has 2 aromatic rings. The van der Waals surface area contributed by atoms with Crippen LogP contribution in [0.4, 0.5) is 0 Å². The molecule has 18 heavy (non-hydrogen) atoms. The Kier molecular flexibility index (Phi) is 3.32. The van der Waals surface area contributed by atoms with Crippen molar-refractivity contribution in [3.63, 3.8) is 0 Å². The Labute approximate surface area is 103 Å². The van der Waals surface area contributed by atoms with Crippen molar-refractivity contribution in [2.75, 3.05) is 0 Å². The second kappa shape index (κ2) is 4.91. The van der Waals surface area contributed by atoms with Crippen molar-refractivity contribution in [2.24, 2.45) is 0 Å². The fraction of sp³-hybridized carbons (Fsp3) is 0.231. The molecule has 0 aliphatic carbocycles. The van der Waals surface area contributed by atoms with Crippen LogP contribution in [0.2, 0.25) is 0 Å². The average Bonchev–Trinajstić information content (AvgIpc) is 2.36. The van der Waals surface area contributed by atoms with Gasteiger partial charge in [0.1, 0.15) is 5.75 Å². The summed E-state index contributed by atoms with van der Waals surface area (Å²) in [6, 6.07) is 6.69. The number of carbonyl (C=O) groups is 1. The maximum absolute atomic E-state index is 11.6. The highest BCUT2D eigenvalue weighted by molar-refractivity contribution is 5.87. The van der Waals surface area contributed by atoms with Gasteiger partial charge in [-0.05, 0) is 24.6 Å². The van der Waals surface area contributed by atoms with Gasteiger partial charge in [0.15, 0.2) is 6.10 Å². The molecule has 0 radical (unpaired) electrons. The average molecular weight is 247 g/mol. The van der Waals surface area contributed by atoms with Crippen LogP contribution < -0.4 is 10.3 Å². The van der Waals surface area contributed by atoms with E-state index in [0.29, 0.717) is 22.9 Å². The number of carboxylic acids is 1. The van der Waals surface area contributed by atoms with Crippen molar-refractivity contribution >= 4 is 16.7 Å². The van der Waals surface area contributed by atoms with E-state index < -0.39 is 12.1 Å². The van der Waals surface area contributed by atoms with Crippen molar-refractivity contribution in [1.82, 2.24) is 4.98 Å². The normalized spacial score (nSPS) is 12.3. The molecule has 5 heteroatoms. The van der Waals surface area contributed by atoms with Gasteiger partial charge in [0.2, 0.25) is 0 Å². The van der Waals surface area contributed by atoms with Gasteiger partial charge in [-0.15, -0.1) is 0 Å². The number of fused-ring (bicyclic) bond motifs is 1. The second-order valence-corrected chi connectivity index (χ2v) is 3.88. The minimum atomic E-state index is -1.01. The molecule has 0 amide bonds. The Morgan fingerprint density at radius 2 is 2.17 bits per heavy atom. The number of aliphatic carboxylic acids is 1. The maximum atomic E-state index is 11.6. The van der Waals surface area contributed by atoms with Gasteiger partial charge in [0.25, 0.3) is 5.56 Å². The van der Waals surface area contributed by atoms with Crippen LogP contribution in [0.1, 0.15) is 13.3 Å². The smallest absolute Gasteiger partial charge is 0.344 e. The Balaban J connectivity index is 2.49. The van der Waals surface area contributed by atoms with Crippen LogP contribution in [-0.2, 0) is 4.79 Å². The summed E-state index contributed by atoms with van der Waals surface area (Å²) in [5.41, 5.74) is -0.221. The van der Waals surface area contributed by atoms with Gasteiger partial charge in [0.05, 0.1) is 5.39 Å². The zero-order valence-corrected chi connectivity index (χ0v) is 9.84. The number of H-pyrrole nitrogens is 1. The molecule has 94 valence electrons. The van der Waals surface area contributed by atoms with Crippen molar-refractivity contribution in [3.05, 3.63) is 40.8 Å². The van der Waals surface area contributed by atoms with Crippen LogP contribution in [0.25, 0.3) is 10.8 Å². The van der Waals surface area contributed by atoms with Crippen LogP contribution in [0.5, 0.6) is 5.75 Å². The summed E-state index contributed by atoms with van der Waals surface area (Å²) in [5, 5.41) is 10.1. The molecule has 1 unspecified atom stereocenters. The maximum Gasteiger partial charge on any atom is 0.344 e. The van der Waals surface area contributed by atoms with Crippen LogP contribution in [0, 0.1) is 0 Å². The molecule has 0 fully saturated rings. The Morgan fingerprint density at radius 1 is 1.39 bits per heavy atom. The topological polar surface area (TPSA) is 79.4 Å². The molecule has 0 saturated carbocycles. The highest BCUT2D eigenvalue weighted by atomic mass is 16.5. The predicted molar refractivity (Wildman–Crippen MR) is 66.9 cm³/mol. The van der Waals surface area contributed by atoms with E-state index >= 15 is 0 Å². The van der Waals surface area contributed by atoms with E-state index in [1.807, 2.05) is 0 Å². The number of carboxylic acid groups (broad SMARTS) is 1. The zero-order valence-electron chi connectivity index (χ0n) is 9.84. The van der Waals surface area contributed by atoms with Crippen molar-refractivity contribution in [2.45, 2.75) is 19.4 Å². The molecule has 2 rings (SSSR count). The fourth-order valence-corrected chi connectivity index (χ4v) is 1.76. The highest BCUT2D eigenvalue weighted by Crippen LogP contribution is 2.24. The number of hydrogen-bond acceptors (Lipinski definition) is 3. The monoisotopic (exact) mass is 247 g/mol. The predicted octanol–water partition coefficient (Wildman–Crippen LogP) is 1.77. The number of aromatic amines is 1. The molecule has 0 aliphatic heterocycles. The first-order valence-corrected chi connectivity index (χ1v) is 5.63. The van der Waals surface area contributed by atoms with Gasteiger partial charge in [-0.25, -0.2) is 4.79 Å². The third-order valence-corrected chi connectivity index (χ3v) is 2.69. The van der Waals surface area contributed by atoms with E-state index in [9.17, 15) is 9.59 Å². The summed E-state index contributed by atoms with van der Waals surface area (Å²) in [7, 11) is 0. The van der Waals surface area contributed by atoms with E-state index in [0.717, 1.165) is 0 Å². The van der Waals surface area contributed by atoms with E-state index in [1.165, 1.54) is 6.20 Å². The first-order chi connectivity index (χ1) is 8.63. The summed E-state index contributed by atoms with van der Waals surface area (Å²) in [6.07, 6.45) is 0.962. The van der Waals surface area contributed by atoms with Crippen molar-refractivity contribution in [3.8, 4) is 5.75 Å². The standard InChI is InChI=1S/C13H13NO4/c1-2-10(13(16)17)18-11-5-3-4-9-8(11)6-7-14-12(9)15/h3-7,10H,2H2,1H3,(H,14,15)(H,16,17). The lowest BCUT2D eigenvalue weighted by atomic mass is 10.1. The zero-order chi connectivity index (χ0) is 13.1. The first-order valence-electron chi connectivity index (χ1n) is 5.63. The summed E-state index contributed by atoms with van der Waals surface area (Å²) in [5.74, 6) is -0.604. The number of hydrogen-bond donors (Lipinski definition) is 2. The quantitative estimate of drug-likeness (QED) is 0.862. The number of pyridine rings is 1. The molecule has 0 spiro atoms. The van der Waals surface area contributed by atoms with Crippen LogP contribution >= 0.6 is 0 Å². The third-order valence-electron chi connectivity index (χ3n) is 2.69. The lowest BCUT2D eigenvalue weighted by molar-refractivity contribution is -0.145. The van der Waals surface area contributed by atoms with E-state index in [1.54, 1.807) is 31.2 Å². The third kappa shape index (κ3) is 2.20. The number of ether oxygens (including phenoxy) is 1. The number of benzene rings is 1. The number of rotatable bonds is 4. The van der Waals surface area contributed by atoms with Gasteiger partial charge < -0.3 is 14.8 Å². The second-order valence-electron chi connectivity index (χ2n) is 3.88. The van der Waals surface area contributed by atoms with Crippen LogP contribution in [0.15, 0.2) is 35.3 Å². The van der Waals surface area contributed by atoms with Crippen LogP contribution in [-0.4, -0.2) is 22.2 Å². The lowest BCUT2D eigenvalue weighted by Gasteiger charge is -2.14. The number of nitrogens with one attached hydrogen (secondary N) is 1. The number of aromatic nitrogens is 1. The lowest BCUT2D eigenvalue weighted by Crippen LogP contribution is -2.26. The molecular weight excluding hydrogens is 234 g/mol. The van der Waals surface area contributed by atoms with Crippen molar-refractivity contribution in [1.29, 1.82) is 0 Å². The molecule has 1 aromatic heterocycles. The van der Waals surface area contributed by atoms with Gasteiger partial charge in [-0.2, -0.15) is 0 Å². The minimum absolute atomic E-state index is 0.221. The molecular formula is C13H13NO4. The van der Waals surface area contributed by atoms with Gasteiger partial charge in [0, 0.05) is 11.6 Å². The van der Waals surface area contributed by atoms with Gasteiger partial charge in [-0.1, -0.05) is 13.0 Å². The van der Waals surface area contributed by atoms with Crippen molar-refractivity contribution < 1.29 is 14.6 Å². The SMILES string of the molecule is CCC(Oc1cccc2c(=O)[nH]ccc12)C(=O)O. The van der Waals surface area contributed by atoms with Gasteiger partial charge >= 0.3 is 5.97 Å². The molecule has 1 heterocycles. The Bertz CT molecular complexity index is 632. The molecule has 5 nitrogen and oxygen atoms in total. The van der Waals surface area contributed by atoms with E-state index in [4.69, 9.17) is 9.84 Å². The largest absolute Gasteiger partial charge is 0.479 e. The fourth-order valence-electron chi connectivity index (χ4n) is 1.76. The van der Waals surface area contributed by atoms with Crippen LogP contribution in [0.3, 0.4) is 0 Å². The summed E-state index contributed by atoms with van der Waals surface area (Å²) in [6.45, 7) is 1.73. The minimum Gasteiger partial charge on any atom is -0.479 e. The molecule has 0 saturated heterocycles. The summed E-state index contributed by atoms with van der Waals surface area (Å²) >= 11 is 0. The summed E-state index contributed by atoms with van der Waals surface area (Å²) < 4.78 is 5.44. The van der Waals surface area contributed by atoms with Gasteiger partial charge in [-0.3, -0.25) is 4.79 Å².